The molecule has 2 atom stereocenters. The Kier molecular flexibility index (Phi) is 7.75. The van der Waals surface area contributed by atoms with Crippen LogP contribution in [0.5, 0.6) is 6.01 Å². The minimum Gasteiger partial charge on any atom is -0.462 e. The minimum absolute atomic E-state index is 0.00465. The summed E-state index contributed by atoms with van der Waals surface area (Å²) in [5, 5.41) is 12.5. The van der Waals surface area contributed by atoms with Gasteiger partial charge in [0.2, 0.25) is 5.91 Å². The smallest absolute Gasteiger partial charge is 0.319 e. The number of hydrogen-bond donors (Lipinski definition) is 0. The molecule has 1 amide bonds. The van der Waals surface area contributed by atoms with Crippen molar-refractivity contribution in [1.82, 2.24) is 19.8 Å². The second-order valence-corrected chi connectivity index (χ2v) is 11.6. The number of fused-ring (bicyclic) bond motifs is 2. The molecule has 2 aromatic carbocycles. The highest BCUT2D eigenvalue weighted by molar-refractivity contribution is 7.17. The number of benzene rings is 2. The molecule has 2 aliphatic heterocycles. The average molecular weight is 589 g/mol. The third kappa shape index (κ3) is 5.05. The summed E-state index contributed by atoms with van der Waals surface area (Å²) >= 11 is 1.42. The lowest BCUT2D eigenvalue weighted by Crippen LogP contribution is -2.55. The Morgan fingerprint density at radius 1 is 1.24 bits per heavy atom. The number of ether oxygens (including phenoxy) is 1. The number of rotatable bonds is 7. The van der Waals surface area contributed by atoms with Crippen LogP contribution < -0.4 is 9.64 Å². The maximum Gasteiger partial charge on any atom is 0.319 e. The summed E-state index contributed by atoms with van der Waals surface area (Å²) in [5.74, 6) is -1.47. The molecule has 11 heteroatoms. The second kappa shape index (κ2) is 11.6. The largest absolute Gasteiger partial charge is 0.462 e. The molecule has 2 aromatic heterocycles. The molecule has 0 bridgehead atoms. The molecule has 0 spiro atoms. The number of likely N-dealkylation sites (tertiary alicyclic amines) is 1. The summed E-state index contributed by atoms with van der Waals surface area (Å²) < 4.78 is 39.2. The Bertz CT molecular complexity index is 1720. The van der Waals surface area contributed by atoms with Crippen molar-refractivity contribution >= 4 is 44.1 Å². The summed E-state index contributed by atoms with van der Waals surface area (Å²) in [4.78, 5) is 27.3. The Balaban J connectivity index is 1.47. The van der Waals surface area contributed by atoms with Crippen molar-refractivity contribution in [3.63, 3.8) is 0 Å². The van der Waals surface area contributed by atoms with E-state index in [9.17, 15) is 10.1 Å². The van der Waals surface area contributed by atoms with Gasteiger partial charge in [0.05, 0.1) is 24.1 Å². The molecule has 216 valence electrons. The number of halogens is 2. The first kappa shape index (κ1) is 28.0. The minimum atomic E-state index is -0.786. The third-order valence-corrected chi connectivity index (χ3v) is 9.20. The number of carbonyl (C=O) groups is 1. The van der Waals surface area contributed by atoms with Crippen LogP contribution in [-0.4, -0.2) is 77.6 Å². The number of carbonyl (C=O) groups excluding carboxylic acids is 1. The summed E-state index contributed by atoms with van der Waals surface area (Å²) in [6, 6.07) is 10.5. The zero-order valence-corrected chi connectivity index (χ0v) is 24.0. The summed E-state index contributed by atoms with van der Waals surface area (Å²) in [6.07, 6.45) is 3.36. The van der Waals surface area contributed by atoms with E-state index < -0.39 is 17.7 Å². The Morgan fingerprint density at radius 3 is 2.86 bits per heavy atom. The third-order valence-electron chi connectivity index (χ3n) is 8.23. The fourth-order valence-corrected chi connectivity index (χ4v) is 6.92. The molecule has 2 saturated heterocycles. The number of amides is 1. The first-order valence-corrected chi connectivity index (χ1v) is 14.8. The predicted molar refractivity (Wildman–Crippen MR) is 160 cm³/mol. The standard InChI is InChI=1S/C31H30F2N6O2S/c1-3-25(40)39-14-13-38(17-20(39)9-11-34)30-23-16-24(32)26(22-8-4-6-19-10-15-42-29(19)22)27(33)28(23)35-31(36-30)41-18-21-7-5-12-37(21)2/h3-4,6,8,10,15-16,20-21H,1,5,7,9,12-14,17-18H2,2H3/t20-,21?/m0/s1. The molecule has 42 heavy (non-hydrogen) atoms. The fraction of sp³-hybridized carbons (Fsp3) is 0.355. The van der Waals surface area contributed by atoms with Gasteiger partial charge in [-0.25, -0.2) is 8.78 Å². The molecule has 0 radical (unpaired) electrons. The van der Waals surface area contributed by atoms with Gasteiger partial charge in [-0.2, -0.15) is 15.2 Å². The van der Waals surface area contributed by atoms with Crippen LogP contribution in [0, 0.1) is 23.0 Å². The molecule has 2 aliphatic rings. The van der Waals surface area contributed by atoms with E-state index in [0.29, 0.717) is 31.1 Å². The number of piperazine rings is 1. The Hall–Kier alpha value is -4.14. The van der Waals surface area contributed by atoms with E-state index in [4.69, 9.17) is 4.74 Å². The number of thiophene rings is 1. The van der Waals surface area contributed by atoms with Gasteiger partial charge in [0.15, 0.2) is 5.82 Å². The molecular weight excluding hydrogens is 558 g/mol. The number of anilines is 1. The normalized spacial score (nSPS) is 19.4. The van der Waals surface area contributed by atoms with E-state index in [1.807, 2.05) is 29.5 Å². The van der Waals surface area contributed by atoms with Crippen molar-refractivity contribution in [3.05, 3.63) is 60.0 Å². The van der Waals surface area contributed by atoms with Crippen molar-refractivity contribution in [3.8, 4) is 23.2 Å². The van der Waals surface area contributed by atoms with Gasteiger partial charge in [-0.05, 0) is 55.4 Å². The van der Waals surface area contributed by atoms with Crippen molar-refractivity contribution in [2.75, 3.05) is 44.7 Å². The molecule has 6 rings (SSSR count). The highest BCUT2D eigenvalue weighted by Crippen LogP contribution is 2.40. The highest BCUT2D eigenvalue weighted by Gasteiger charge is 2.32. The van der Waals surface area contributed by atoms with E-state index in [2.05, 4.69) is 27.5 Å². The van der Waals surface area contributed by atoms with Crippen molar-refractivity contribution < 1.29 is 18.3 Å². The molecule has 0 saturated carbocycles. The van der Waals surface area contributed by atoms with Crippen LogP contribution in [0.2, 0.25) is 0 Å². The summed E-state index contributed by atoms with van der Waals surface area (Å²) in [7, 11) is 2.03. The maximum atomic E-state index is 16.5. The molecule has 4 heterocycles. The van der Waals surface area contributed by atoms with Gasteiger partial charge >= 0.3 is 6.01 Å². The second-order valence-electron chi connectivity index (χ2n) is 10.7. The molecule has 0 N–H and O–H groups in total. The van der Waals surface area contributed by atoms with Crippen molar-refractivity contribution in [2.24, 2.45) is 0 Å². The van der Waals surface area contributed by atoms with Crippen LogP contribution in [0.1, 0.15) is 19.3 Å². The summed E-state index contributed by atoms with van der Waals surface area (Å²) in [5.41, 5.74) is 0.270. The Morgan fingerprint density at radius 2 is 2.10 bits per heavy atom. The lowest BCUT2D eigenvalue weighted by atomic mass is 10.0. The van der Waals surface area contributed by atoms with Gasteiger partial charge in [0, 0.05) is 41.3 Å². The number of likely N-dealkylation sites (N-methyl/N-ethyl adjacent to an activating group) is 1. The van der Waals surface area contributed by atoms with E-state index in [1.54, 1.807) is 17.0 Å². The number of hydrogen-bond acceptors (Lipinski definition) is 8. The van der Waals surface area contributed by atoms with Crippen molar-refractivity contribution in [1.29, 1.82) is 5.26 Å². The zero-order valence-electron chi connectivity index (χ0n) is 23.2. The van der Waals surface area contributed by atoms with E-state index in [1.165, 1.54) is 23.5 Å². The first-order valence-electron chi connectivity index (χ1n) is 13.9. The quantitative estimate of drug-likeness (QED) is 0.268. The van der Waals surface area contributed by atoms with Gasteiger partial charge in [-0.1, -0.05) is 24.8 Å². The number of nitriles is 1. The van der Waals surface area contributed by atoms with Crippen LogP contribution in [-0.2, 0) is 4.79 Å². The van der Waals surface area contributed by atoms with Crippen LogP contribution in [0.15, 0.2) is 48.4 Å². The molecular formula is C31H30F2N6O2S. The van der Waals surface area contributed by atoms with Gasteiger partial charge in [-0.15, -0.1) is 11.3 Å². The monoisotopic (exact) mass is 588 g/mol. The molecule has 4 aromatic rings. The highest BCUT2D eigenvalue weighted by atomic mass is 32.1. The SMILES string of the molecule is C=CC(=O)N1CCN(c2nc(OCC3CCCN3C)nc3c(F)c(-c4cccc5ccsc45)c(F)cc23)C[C@@H]1CC#N. The molecule has 0 aliphatic carbocycles. The van der Waals surface area contributed by atoms with Gasteiger partial charge in [0.1, 0.15) is 23.8 Å². The van der Waals surface area contributed by atoms with Crippen LogP contribution in [0.25, 0.3) is 32.1 Å². The van der Waals surface area contributed by atoms with E-state index in [-0.39, 0.29) is 47.4 Å². The van der Waals surface area contributed by atoms with E-state index in [0.717, 1.165) is 29.5 Å². The van der Waals surface area contributed by atoms with Crippen LogP contribution >= 0.6 is 11.3 Å². The molecule has 8 nitrogen and oxygen atoms in total. The van der Waals surface area contributed by atoms with Crippen LogP contribution in [0.4, 0.5) is 14.6 Å². The molecule has 1 unspecified atom stereocenters. The van der Waals surface area contributed by atoms with Crippen molar-refractivity contribution in [2.45, 2.75) is 31.3 Å². The number of aromatic nitrogens is 2. The zero-order chi connectivity index (χ0) is 29.4. The first-order chi connectivity index (χ1) is 20.4. The maximum absolute atomic E-state index is 16.5. The Labute approximate surface area is 246 Å². The van der Waals surface area contributed by atoms with Crippen LogP contribution in [0.3, 0.4) is 0 Å². The number of nitrogens with zero attached hydrogens (tertiary/aromatic N) is 6. The topological polar surface area (TPSA) is 85.6 Å². The molecule has 2 fully saturated rings. The lowest BCUT2D eigenvalue weighted by molar-refractivity contribution is -0.128. The van der Waals surface area contributed by atoms with Gasteiger partial charge in [0.25, 0.3) is 0 Å². The summed E-state index contributed by atoms with van der Waals surface area (Å²) in [6.45, 7) is 5.78. The lowest BCUT2D eigenvalue weighted by Gasteiger charge is -2.41. The fourth-order valence-electron chi connectivity index (χ4n) is 6.00. The predicted octanol–water partition coefficient (Wildman–Crippen LogP) is 5.38. The average Bonchev–Trinajstić information content (AvgIpc) is 3.65. The van der Waals surface area contributed by atoms with Gasteiger partial charge in [-0.3, -0.25) is 4.79 Å². The van der Waals surface area contributed by atoms with E-state index >= 15 is 8.78 Å². The van der Waals surface area contributed by atoms with Gasteiger partial charge < -0.3 is 19.4 Å².